The zero-order valence-electron chi connectivity index (χ0n) is 11.8. The summed E-state index contributed by atoms with van der Waals surface area (Å²) in [5.41, 5.74) is 1.06. The molecule has 0 aromatic heterocycles. The van der Waals surface area contributed by atoms with E-state index < -0.39 is 15.2 Å². The molecule has 2 aliphatic rings. The highest BCUT2D eigenvalue weighted by Gasteiger charge is 2.44. The number of carbonyl (C=O) groups excluding carboxylic acids is 1. The zero-order valence-corrected chi connectivity index (χ0v) is 12.8. The number of fused-ring (bicyclic) bond motifs is 1. The van der Waals surface area contributed by atoms with Crippen LogP contribution in [0.15, 0.2) is 12.3 Å². The Morgan fingerprint density at radius 2 is 1.95 bits per heavy atom. The highest BCUT2D eigenvalue weighted by molar-refractivity contribution is 6.54. The summed E-state index contributed by atoms with van der Waals surface area (Å²) in [5.74, 6) is 0. The first-order chi connectivity index (χ1) is 8.99. The molecule has 2 rings (SSSR count). The molecule has 19 heavy (non-hydrogen) atoms. The molecule has 107 valence electrons. The van der Waals surface area contributed by atoms with Gasteiger partial charge in [0.25, 0.3) is 0 Å². The molecule has 0 aromatic rings. The minimum atomic E-state index is -0.904. The van der Waals surface area contributed by atoms with E-state index in [-0.39, 0.29) is 18.3 Å². The van der Waals surface area contributed by atoms with Crippen molar-refractivity contribution in [3.8, 4) is 0 Å². The predicted molar refractivity (Wildman–Crippen MR) is 71.1 cm³/mol. The number of rotatable bonds is 5. The van der Waals surface area contributed by atoms with E-state index in [9.17, 15) is 4.79 Å². The van der Waals surface area contributed by atoms with E-state index in [4.69, 9.17) is 18.6 Å². The van der Waals surface area contributed by atoms with Gasteiger partial charge in [0.2, 0.25) is 9.04 Å². The van der Waals surface area contributed by atoms with E-state index in [1.807, 2.05) is 0 Å². The standard InChI is InChI=1S/C13H21O5Si/c1-8(2)19(9(3)4)16-7-11-12-10(5-6-15-11)17-13(14)18-12/h5-6,8-12H,7H2,1-4H3. The number of hydrogen-bond acceptors (Lipinski definition) is 5. The first-order valence-corrected chi connectivity index (χ1v) is 8.24. The van der Waals surface area contributed by atoms with Gasteiger partial charge in [0.05, 0.1) is 12.9 Å². The Bertz CT molecular complexity index is 347. The van der Waals surface area contributed by atoms with Crippen molar-refractivity contribution in [3.63, 3.8) is 0 Å². The van der Waals surface area contributed by atoms with Crippen molar-refractivity contribution in [1.29, 1.82) is 0 Å². The van der Waals surface area contributed by atoms with Gasteiger partial charge in [0.15, 0.2) is 18.3 Å². The quantitative estimate of drug-likeness (QED) is 0.574. The van der Waals surface area contributed by atoms with Crippen LogP contribution in [0.3, 0.4) is 0 Å². The smallest absolute Gasteiger partial charge is 0.492 e. The molecule has 2 aliphatic heterocycles. The third-order valence-electron chi connectivity index (χ3n) is 3.23. The normalized spacial score (nSPS) is 29.4. The van der Waals surface area contributed by atoms with Crippen LogP contribution in [0.1, 0.15) is 27.7 Å². The first kappa shape index (κ1) is 14.4. The van der Waals surface area contributed by atoms with E-state index in [1.54, 1.807) is 12.3 Å². The Hall–Kier alpha value is -1.01. The third-order valence-corrected chi connectivity index (χ3v) is 6.00. The lowest BCUT2D eigenvalue weighted by atomic mass is 10.1. The van der Waals surface area contributed by atoms with E-state index in [0.717, 1.165) is 0 Å². The minimum Gasteiger partial charge on any atom is -0.492 e. The summed E-state index contributed by atoms with van der Waals surface area (Å²) in [5, 5.41) is 0. The highest BCUT2D eigenvalue weighted by Crippen LogP contribution is 2.27. The molecule has 1 radical (unpaired) electrons. The fraction of sp³-hybridized carbons (Fsp3) is 0.769. The van der Waals surface area contributed by atoms with Gasteiger partial charge >= 0.3 is 6.16 Å². The Morgan fingerprint density at radius 3 is 2.58 bits per heavy atom. The van der Waals surface area contributed by atoms with Crippen molar-refractivity contribution < 1.29 is 23.4 Å². The van der Waals surface area contributed by atoms with Gasteiger partial charge in [-0.3, -0.25) is 0 Å². The average molecular weight is 285 g/mol. The summed E-state index contributed by atoms with van der Waals surface area (Å²) >= 11 is 0. The van der Waals surface area contributed by atoms with Crippen LogP contribution in [0.2, 0.25) is 11.1 Å². The molecule has 5 nitrogen and oxygen atoms in total. The maximum absolute atomic E-state index is 11.1. The van der Waals surface area contributed by atoms with Crippen molar-refractivity contribution in [1.82, 2.24) is 0 Å². The van der Waals surface area contributed by atoms with E-state index in [0.29, 0.717) is 17.7 Å². The SMILES string of the molecule is CC(C)[Si](OCC1OC=CC2OC(=O)OC21)C(C)C. The molecule has 0 aromatic carbocycles. The second-order valence-corrected chi connectivity index (χ2v) is 8.84. The van der Waals surface area contributed by atoms with Gasteiger partial charge in [-0.15, -0.1) is 0 Å². The number of hydrogen-bond donors (Lipinski definition) is 0. The summed E-state index contributed by atoms with van der Waals surface area (Å²) < 4.78 is 21.7. The molecule has 0 spiro atoms. The van der Waals surface area contributed by atoms with Gasteiger partial charge in [0.1, 0.15) is 0 Å². The molecular weight excluding hydrogens is 264 g/mol. The molecule has 6 heteroatoms. The van der Waals surface area contributed by atoms with Gasteiger partial charge in [-0.05, 0) is 17.2 Å². The second kappa shape index (κ2) is 5.96. The Morgan fingerprint density at radius 1 is 1.26 bits per heavy atom. The van der Waals surface area contributed by atoms with Gasteiger partial charge in [-0.2, -0.15) is 0 Å². The monoisotopic (exact) mass is 285 g/mol. The molecule has 3 unspecified atom stereocenters. The molecule has 0 saturated carbocycles. The van der Waals surface area contributed by atoms with Crippen LogP contribution in [0.4, 0.5) is 4.79 Å². The van der Waals surface area contributed by atoms with Crippen molar-refractivity contribution in [2.75, 3.05) is 6.61 Å². The van der Waals surface area contributed by atoms with Crippen LogP contribution < -0.4 is 0 Å². The second-order valence-electron chi connectivity index (χ2n) is 5.44. The van der Waals surface area contributed by atoms with Gasteiger partial charge in [0, 0.05) is 0 Å². The molecule has 1 saturated heterocycles. The Kier molecular flexibility index (Phi) is 4.52. The third kappa shape index (κ3) is 3.30. The summed E-state index contributed by atoms with van der Waals surface area (Å²) in [7, 11) is -0.904. The van der Waals surface area contributed by atoms with E-state index >= 15 is 0 Å². The van der Waals surface area contributed by atoms with Crippen molar-refractivity contribution >= 4 is 15.2 Å². The summed E-state index contributed by atoms with van der Waals surface area (Å²) in [4.78, 5) is 11.1. The molecule has 3 atom stereocenters. The topological polar surface area (TPSA) is 54.0 Å². The van der Waals surface area contributed by atoms with Crippen molar-refractivity contribution in [2.45, 2.75) is 57.1 Å². The van der Waals surface area contributed by atoms with Gasteiger partial charge in [-0.25, -0.2) is 4.79 Å². The average Bonchev–Trinajstić information content (AvgIpc) is 2.69. The fourth-order valence-corrected chi connectivity index (χ4v) is 4.79. The summed E-state index contributed by atoms with van der Waals surface area (Å²) in [6.07, 6.45) is 1.62. The summed E-state index contributed by atoms with van der Waals surface area (Å²) in [6, 6.07) is 0. The number of carbonyl (C=O) groups is 1. The van der Waals surface area contributed by atoms with Crippen molar-refractivity contribution in [2.24, 2.45) is 0 Å². The molecular formula is C13H21O5Si. The molecule has 2 heterocycles. The largest absolute Gasteiger partial charge is 0.509 e. The van der Waals surface area contributed by atoms with Crippen LogP contribution in [-0.4, -0.2) is 40.1 Å². The van der Waals surface area contributed by atoms with E-state index in [2.05, 4.69) is 27.7 Å². The lowest BCUT2D eigenvalue weighted by Gasteiger charge is -2.29. The lowest BCUT2D eigenvalue weighted by Crippen LogP contribution is -2.43. The highest BCUT2D eigenvalue weighted by atomic mass is 28.3. The van der Waals surface area contributed by atoms with Crippen LogP contribution in [-0.2, 0) is 18.6 Å². The molecule has 0 N–H and O–H groups in total. The van der Waals surface area contributed by atoms with Crippen LogP contribution in [0.5, 0.6) is 0 Å². The zero-order chi connectivity index (χ0) is 14.0. The lowest BCUT2D eigenvalue weighted by molar-refractivity contribution is -0.0268. The molecule has 0 aliphatic carbocycles. The minimum absolute atomic E-state index is 0.279. The Balaban J connectivity index is 1.92. The van der Waals surface area contributed by atoms with E-state index in [1.165, 1.54) is 0 Å². The summed E-state index contributed by atoms with van der Waals surface area (Å²) in [6.45, 7) is 9.15. The van der Waals surface area contributed by atoms with Gasteiger partial charge in [-0.1, -0.05) is 27.7 Å². The maximum atomic E-state index is 11.1. The first-order valence-electron chi connectivity index (χ1n) is 6.68. The van der Waals surface area contributed by atoms with Crippen molar-refractivity contribution in [3.05, 3.63) is 12.3 Å². The molecule has 0 bridgehead atoms. The van der Waals surface area contributed by atoms with Crippen LogP contribution in [0.25, 0.3) is 0 Å². The Labute approximate surface area is 115 Å². The molecule has 1 fully saturated rings. The van der Waals surface area contributed by atoms with Gasteiger partial charge < -0.3 is 18.6 Å². The van der Waals surface area contributed by atoms with Crippen LogP contribution in [0, 0.1) is 0 Å². The van der Waals surface area contributed by atoms with Crippen LogP contribution >= 0.6 is 0 Å². The fourth-order valence-electron chi connectivity index (χ4n) is 2.43. The molecule has 0 amide bonds. The maximum Gasteiger partial charge on any atom is 0.509 e. The predicted octanol–water partition coefficient (Wildman–Crippen LogP) is 2.63. The number of ether oxygens (including phenoxy) is 3.